The molecule has 30 heavy (non-hydrogen) atoms. The average molecular weight is 471 g/mol. The minimum atomic E-state index is -0.270. The summed E-state index contributed by atoms with van der Waals surface area (Å²) in [6.07, 6.45) is 1.76. The van der Waals surface area contributed by atoms with Crippen molar-refractivity contribution < 1.29 is 14.3 Å². The zero-order valence-corrected chi connectivity index (χ0v) is 18.5. The lowest BCUT2D eigenvalue weighted by molar-refractivity contribution is 0.102. The van der Waals surface area contributed by atoms with Crippen LogP contribution in [0.5, 0.6) is 5.75 Å². The normalized spacial score (nSPS) is 13.9. The Morgan fingerprint density at radius 3 is 2.70 bits per heavy atom. The smallest absolute Gasteiger partial charge is 0.276 e. The number of aryl methyl sites for hydroxylation is 1. The summed E-state index contributed by atoms with van der Waals surface area (Å²) in [6, 6.07) is 13.4. The predicted molar refractivity (Wildman–Crippen MR) is 120 cm³/mol. The molecule has 3 aromatic rings. The molecule has 2 aromatic carbocycles. The molecular formula is C22H23BrN4O3. The highest BCUT2D eigenvalue weighted by Crippen LogP contribution is 2.30. The van der Waals surface area contributed by atoms with E-state index in [-0.39, 0.29) is 5.91 Å². The molecule has 1 aliphatic heterocycles. The van der Waals surface area contributed by atoms with Crippen molar-refractivity contribution in [1.82, 2.24) is 9.78 Å². The fourth-order valence-corrected chi connectivity index (χ4v) is 3.79. The van der Waals surface area contributed by atoms with Crippen LogP contribution in [0.2, 0.25) is 0 Å². The van der Waals surface area contributed by atoms with E-state index >= 15 is 0 Å². The molecule has 1 N–H and O–H groups in total. The number of nitrogens with zero attached hydrogens (tertiary/aromatic N) is 3. The molecule has 0 spiro atoms. The van der Waals surface area contributed by atoms with Gasteiger partial charge in [-0.3, -0.25) is 4.79 Å². The Morgan fingerprint density at radius 2 is 1.93 bits per heavy atom. The Bertz CT molecular complexity index is 1060. The predicted octanol–water partition coefficient (Wildman–Crippen LogP) is 4.04. The van der Waals surface area contributed by atoms with Crippen LogP contribution in [0.1, 0.15) is 16.1 Å². The number of anilines is 2. The molecule has 156 valence electrons. The first kappa shape index (κ1) is 20.4. The SMILES string of the molecule is COc1ccc(C)cc1-n1ccc(C(=O)Nc2cc(Br)ccc2N2CCOCC2)n1. The van der Waals surface area contributed by atoms with Gasteiger partial charge in [-0.05, 0) is 48.9 Å². The number of carbonyl (C=O) groups excluding carboxylic acids is 1. The van der Waals surface area contributed by atoms with Gasteiger partial charge in [0.1, 0.15) is 11.4 Å². The Hall–Kier alpha value is -2.84. The number of methoxy groups -OCH3 is 1. The third-order valence-electron chi connectivity index (χ3n) is 4.96. The maximum absolute atomic E-state index is 12.9. The number of nitrogens with one attached hydrogen (secondary N) is 1. The van der Waals surface area contributed by atoms with Gasteiger partial charge in [0.15, 0.2) is 5.69 Å². The number of amides is 1. The maximum Gasteiger partial charge on any atom is 0.276 e. The van der Waals surface area contributed by atoms with Gasteiger partial charge in [0, 0.05) is 23.8 Å². The zero-order valence-electron chi connectivity index (χ0n) is 16.9. The van der Waals surface area contributed by atoms with Crippen LogP contribution in [0, 0.1) is 6.92 Å². The van der Waals surface area contributed by atoms with Crippen molar-refractivity contribution >= 4 is 33.2 Å². The average Bonchev–Trinajstić information content (AvgIpc) is 3.25. The molecule has 2 heterocycles. The third-order valence-corrected chi connectivity index (χ3v) is 5.45. The Kier molecular flexibility index (Phi) is 6.06. The van der Waals surface area contributed by atoms with Gasteiger partial charge in [-0.25, -0.2) is 4.68 Å². The second kappa shape index (κ2) is 8.89. The largest absolute Gasteiger partial charge is 0.494 e. The lowest BCUT2D eigenvalue weighted by Gasteiger charge is -2.30. The summed E-state index contributed by atoms with van der Waals surface area (Å²) >= 11 is 3.50. The minimum Gasteiger partial charge on any atom is -0.494 e. The molecule has 1 aromatic heterocycles. The number of rotatable bonds is 5. The summed E-state index contributed by atoms with van der Waals surface area (Å²) in [6.45, 7) is 4.91. The Balaban J connectivity index is 1.59. The molecule has 7 nitrogen and oxygen atoms in total. The van der Waals surface area contributed by atoms with Crippen molar-refractivity contribution in [3.05, 3.63) is 64.4 Å². The summed E-state index contributed by atoms with van der Waals surface area (Å²) in [5.41, 5.74) is 3.89. The summed E-state index contributed by atoms with van der Waals surface area (Å²) in [5, 5.41) is 7.48. The molecule has 0 saturated carbocycles. The number of morpholine rings is 1. The first-order valence-electron chi connectivity index (χ1n) is 9.69. The fourth-order valence-electron chi connectivity index (χ4n) is 3.43. The van der Waals surface area contributed by atoms with Gasteiger partial charge in [-0.2, -0.15) is 5.10 Å². The van der Waals surface area contributed by atoms with Crippen molar-refractivity contribution in [2.75, 3.05) is 43.6 Å². The maximum atomic E-state index is 12.9. The molecule has 1 saturated heterocycles. The number of hydrogen-bond acceptors (Lipinski definition) is 5. The Labute approximate surface area is 183 Å². The molecule has 0 atom stereocenters. The van der Waals surface area contributed by atoms with E-state index in [1.165, 1.54) is 0 Å². The van der Waals surface area contributed by atoms with Crippen LogP contribution in [0.25, 0.3) is 5.69 Å². The second-order valence-electron chi connectivity index (χ2n) is 7.04. The summed E-state index contributed by atoms with van der Waals surface area (Å²) in [4.78, 5) is 15.2. The van der Waals surface area contributed by atoms with Crippen LogP contribution in [0.15, 0.2) is 53.1 Å². The van der Waals surface area contributed by atoms with Gasteiger partial charge in [-0.15, -0.1) is 0 Å². The van der Waals surface area contributed by atoms with Gasteiger partial charge in [0.05, 0.1) is 31.7 Å². The standard InChI is InChI=1S/C22H23BrN4O3/c1-15-3-6-21(29-2)20(13-15)27-8-7-17(25-27)22(28)24-18-14-16(23)4-5-19(18)26-9-11-30-12-10-26/h3-8,13-14H,9-12H2,1-2H3,(H,24,28). The van der Waals surface area contributed by atoms with Crippen LogP contribution in [0.4, 0.5) is 11.4 Å². The van der Waals surface area contributed by atoms with Crippen molar-refractivity contribution in [3.8, 4) is 11.4 Å². The molecular weight excluding hydrogens is 448 g/mol. The molecule has 8 heteroatoms. The lowest BCUT2D eigenvalue weighted by Crippen LogP contribution is -2.36. The number of carbonyl (C=O) groups is 1. The monoisotopic (exact) mass is 470 g/mol. The summed E-state index contributed by atoms with van der Waals surface area (Å²) in [5.74, 6) is 0.422. The summed E-state index contributed by atoms with van der Waals surface area (Å²) < 4.78 is 13.4. The van der Waals surface area contributed by atoms with Gasteiger partial charge in [-0.1, -0.05) is 22.0 Å². The van der Waals surface area contributed by atoms with Crippen molar-refractivity contribution in [3.63, 3.8) is 0 Å². The van der Waals surface area contributed by atoms with Crippen molar-refractivity contribution in [1.29, 1.82) is 0 Å². The van der Waals surface area contributed by atoms with Crippen LogP contribution in [-0.4, -0.2) is 49.1 Å². The summed E-state index contributed by atoms with van der Waals surface area (Å²) in [7, 11) is 1.62. The molecule has 1 aliphatic rings. The first-order valence-corrected chi connectivity index (χ1v) is 10.5. The molecule has 0 bridgehead atoms. The van der Waals surface area contributed by atoms with E-state index in [9.17, 15) is 4.79 Å². The van der Waals surface area contributed by atoms with Crippen molar-refractivity contribution in [2.45, 2.75) is 6.92 Å². The van der Waals surface area contributed by atoms with Crippen molar-refractivity contribution in [2.24, 2.45) is 0 Å². The second-order valence-corrected chi connectivity index (χ2v) is 7.95. The van der Waals surface area contributed by atoms with E-state index < -0.39 is 0 Å². The van der Waals surface area contributed by atoms with Gasteiger partial charge < -0.3 is 19.7 Å². The highest BCUT2D eigenvalue weighted by molar-refractivity contribution is 9.10. The van der Waals surface area contributed by atoms with Gasteiger partial charge >= 0.3 is 0 Å². The highest BCUT2D eigenvalue weighted by Gasteiger charge is 2.19. The van der Waals surface area contributed by atoms with Gasteiger partial charge in [0.25, 0.3) is 5.91 Å². The van der Waals surface area contributed by atoms with E-state index in [1.54, 1.807) is 24.1 Å². The molecule has 1 amide bonds. The van der Waals surface area contributed by atoms with E-state index in [0.29, 0.717) is 24.7 Å². The van der Waals surface area contributed by atoms with Crippen LogP contribution in [0.3, 0.4) is 0 Å². The van der Waals surface area contributed by atoms with Crippen LogP contribution in [-0.2, 0) is 4.74 Å². The van der Waals surface area contributed by atoms with Crippen LogP contribution >= 0.6 is 15.9 Å². The quantitative estimate of drug-likeness (QED) is 0.609. The molecule has 0 unspecified atom stereocenters. The van der Waals surface area contributed by atoms with Crippen LogP contribution < -0.4 is 15.0 Å². The first-order chi connectivity index (χ1) is 14.5. The van der Waals surface area contributed by atoms with E-state index in [1.807, 2.05) is 43.3 Å². The zero-order chi connectivity index (χ0) is 21.1. The lowest BCUT2D eigenvalue weighted by atomic mass is 10.2. The van der Waals surface area contributed by atoms with E-state index in [2.05, 4.69) is 31.2 Å². The fraction of sp³-hybridized carbons (Fsp3) is 0.273. The number of aromatic nitrogens is 2. The molecule has 1 fully saturated rings. The minimum absolute atomic E-state index is 0.270. The molecule has 0 aliphatic carbocycles. The highest BCUT2D eigenvalue weighted by atomic mass is 79.9. The number of benzene rings is 2. The molecule has 0 radical (unpaired) electrons. The number of ether oxygens (including phenoxy) is 2. The topological polar surface area (TPSA) is 68.6 Å². The third kappa shape index (κ3) is 4.34. The van der Waals surface area contributed by atoms with Gasteiger partial charge in [0.2, 0.25) is 0 Å². The number of halogens is 1. The Morgan fingerprint density at radius 1 is 1.13 bits per heavy atom. The van der Waals surface area contributed by atoms with E-state index in [0.717, 1.165) is 40.2 Å². The number of hydrogen-bond donors (Lipinski definition) is 1. The molecule has 4 rings (SSSR count). The van der Waals surface area contributed by atoms with E-state index in [4.69, 9.17) is 9.47 Å².